The number of nitrogens with zero attached hydrogens (tertiary/aromatic N) is 1. The molecule has 0 atom stereocenters. The Morgan fingerprint density at radius 1 is 1.50 bits per heavy atom. The van der Waals surface area contributed by atoms with Crippen LogP contribution in [0.3, 0.4) is 0 Å². The van der Waals surface area contributed by atoms with Crippen molar-refractivity contribution < 1.29 is 9.53 Å². The summed E-state index contributed by atoms with van der Waals surface area (Å²) < 4.78 is 5.72. The Hall–Kier alpha value is -1.48. The third kappa shape index (κ3) is 2.23. The molecule has 1 amide bonds. The highest BCUT2D eigenvalue weighted by molar-refractivity contribution is 6.31. The Morgan fingerprint density at radius 2 is 2.17 bits per heavy atom. The average molecular weight is 266 g/mol. The number of anilines is 1. The minimum absolute atomic E-state index is 0.0831. The molecule has 1 aromatic carbocycles. The third-order valence-corrected chi connectivity index (χ3v) is 3.00. The van der Waals surface area contributed by atoms with E-state index >= 15 is 0 Å². The monoisotopic (exact) mass is 265 g/mol. The molecule has 1 aromatic rings. The zero-order valence-electron chi connectivity index (χ0n) is 10.8. The van der Waals surface area contributed by atoms with Crippen molar-refractivity contribution in [2.75, 3.05) is 11.4 Å². The second kappa shape index (κ2) is 4.32. The van der Waals surface area contributed by atoms with Crippen LogP contribution in [0, 0.1) is 0 Å². The molecule has 2 rings (SSSR count). The lowest BCUT2D eigenvalue weighted by Crippen LogP contribution is -2.52. The number of halogens is 1. The fraction of sp³-hybridized carbons (Fsp3) is 0.357. The standard InChI is InChI=1S/C14H16ClNO2/c1-9(2)8-16-11-7-10(15)5-6-12(11)18-14(3,4)13(16)17/h5-7H,1,8H2,2-4H3. The van der Waals surface area contributed by atoms with Crippen LogP contribution in [0.1, 0.15) is 20.8 Å². The van der Waals surface area contributed by atoms with E-state index in [1.807, 2.05) is 6.92 Å². The van der Waals surface area contributed by atoms with Gasteiger partial charge in [0.15, 0.2) is 5.60 Å². The highest BCUT2D eigenvalue weighted by atomic mass is 35.5. The largest absolute Gasteiger partial charge is 0.476 e. The van der Waals surface area contributed by atoms with E-state index in [0.29, 0.717) is 23.0 Å². The van der Waals surface area contributed by atoms with Gasteiger partial charge >= 0.3 is 0 Å². The quantitative estimate of drug-likeness (QED) is 0.767. The van der Waals surface area contributed by atoms with Crippen molar-refractivity contribution >= 4 is 23.2 Å². The number of carbonyl (C=O) groups excluding carboxylic acids is 1. The summed E-state index contributed by atoms with van der Waals surface area (Å²) >= 11 is 5.98. The van der Waals surface area contributed by atoms with Gasteiger partial charge < -0.3 is 9.64 Å². The fourth-order valence-electron chi connectivity index (χ4n) is 1.97. The Morgan fingerprint density at radius 3 is 2.78 bits per heavy atom. The van der Waals surface area contributed by atoms with Gasteiger partial charge in [-0.2, -0.15) is 0 Å². The Kier molecular flexibility index (Phi) is 3.11. The SMILES string of the molecule is C=C(C)CN1C(=O)C(C)(C)Oc2ccc(Cl)cc21. The molecule has 0 saturated carbocycles. The lowest BCUT2D eigenvalue weighted by atomic mass is 10.0. The number of carbonyl (C=O) groups is 1. The van der Waals surface area contributed by atoms with Gasteiger partial charge in [0.05, 0.1) is 5.69 Å². The topological polar surface area (TPSA) is 29.5 Å². The van der Waals surface area contributed by atoms with Gasteiger partial charge in [-0.15, -0.1) is 0 Å². The van der Waals surface area contributed by atoms with E-state index in [0.717, 1.165) is 5.57 Å². The predicted octanol–water partition coefficient (Wildman–Crippen LogP) is 3.42. The maximum Gasteiger partial charge on any atom is 0.270 e. The van der Waals surface area contributed by atoms with Crippen LogP contribution >= 0.6 is 11.6 Å². The second-order valence-electron chi connectivity index (χ2n) is 5.07. The molecule has 18 heavy (non-hydrogen) atoms. The molecular weight excluding hydrogens is 250 g/mol. The molecule has 0 radical (unpaired) electrons. The maximum absolute atomic E-state index is 12.4. The highest BCUT2D eigenvalue weighted by Crippen LogP contribution is 2.39. The lowest BCUT2D eigenvalue weighted by molar-refractivity contribution is -0.132. The van der Waals surface area contributed by atoms with Gasteiger partial charge in [-0.05, 0) is 39.0 Å². The Bertz CT molecular complexity index is 523. The molecule has 0 fully saturated rings. The Balaban J connectivity index is 2.53. The van der Waals surface area contributed by atoms with Crippen molar-refractivity contribution in [2.45, 2.75) is 26.4 Å². The molecule has 3 nitrogen and oxygen atoms in total. The van der Waals surface area contributed by atoms with Gasteiger partial charge in [-0.1, -0.05) is 23.8 Å². The Labute approximate surface area is 112 Å². The molecule has 0 bridgehead atoms. The average Bonchev–Trinajstić information content (AvgIpc) is 2.25. The molecule has 1 heterocycles. The van der Waals surface area contributed by atoms with Gasteiger partial charge in [-0.3, -0.25) is 4.79 Å². The van der Waals surface area contributed by atoms with E-state index in [1.165, 1.54) is 0 Å². The van der Waals surface area contributed by atoms with Crippen molar-refractivity contribution in [3.05, 3.63) is 35.4 Å². The zero-order chi connectivity index (χ0) is 13.5. The van der Waals surface area contributed by atoms with E-state index < -0.39 is 5.60 Å². The first-order valence-corrected chi connectivity index (χ1v) is 6.14. The fourth-order valence-corrected chi connectivity index (χ4v) is 2.13. The molecule has 0 aliphatic carbocycles. The number of rotatable bonds is 2. The van der Waals surface area contributed by atoms with Crippen LogP contribution in [0.25, 0.3) is 0 Å². The lowest BCUT2D eigenvalue weighted by Gasteiger charge is -2.39. The number of amides is 1. The van der Waals surface area contributed by atoms with Crippen molar-refractivity contribution in [3.63, 3.8) is 0 Å². The van der Waals surface area contributed by atoms with E-state index in [9.17, 15) is 4.79 Å². The van der Waals surface area contributed by atoms with Gasteiger partial charge in [0.25, 0.3) is 5.91 Å². The predicted molar refractivity (Wildman–Crippen MR) is 73.3 cm³/mol. The smallest absolute Gasteiger partial charge is 0.270 e. The van der Waals surface area contributed by atoms with Crippen LogP contribution in [-0.4, -0.2) is 18.1 Å². The van der Waals surface area contributed by atoms with Crippen molar-refractivity contribution in [1.29, 1.82) is 0 Å². The number of benzene rings is 1. The van der Waals surface area contributed by atoms with Crippen LogP contribution in [0.2, 0.25) is 5.02 Å². The van der Waals surface area contributed by atoms with Crippen LogP contribution in [-0.2, 0) is 4.79 Å². The maximum atomic E-state index is 12.4. The van der Waals surface area contributed by atoms with Crippen molar-refractivity contribution in [3.8, 4) is 5.75 Å². The third-order valence-electron chi connectivity index (χ3n) is 2.77. The first kappa shape index (κ1) is 13.0. The van der Waals surface area contributed by atoms with Gasteiger partial charge in [0.1, 0.15) is 5.75 Å². The number of ether oxygens (including phenoxy) is 1. The molecule has 0 aromatic heterocycles. The first-order chi connectivity index (χ1) is 8.31. The molecule has 0 unspecified atom stereocenters. The molecule has 0 N–H and O–H groups in total. The van der Waals surface area contributed by atoms with Gasteiger partial charge in [0.2, 0.25) is 0 Å². The van der Waals surface area contributed by atoms with Gasteiger partial charge in [-0.25, -0.2) is 0 Å². The summed E-state index contributed by atoms with van der Waals surface area (Å²) in [5.41, 5.74) is 0.748. The van der Waals surface area contributed by atoms with Crippen LogP contribution in [0.4, 0.5) is 5.69 Å². The summed E-state index contributed by atoms with van der Waals surface area (Å²) in [7, 11) is 0. The molecule has 0 spiro atoms. The molecule has 4 heteroatoms. The summed E-state index contributed by atoms with van der Waals surface area (Å²) in [6.45, 7) is 9.74. The van der Waals surface area contributed by atoms with Gasteiger partial charge in [0, 0.05) is 11.6 Å². The molecular formula is C14H16ClNO2. The molecule has 1 aliphatic rings. The van der Waals surface area contributed by atoms with E-state index in [4.69, 9.17) is 16.3 Å². The number of hydrogen-bond donors (Lipinski definition) is 0. The number of hydrogen-bond acceptors (Lipinski definition) is 2. The van der Waals surface area contributed by atoms with Crippen LogP contribution in [0.15, 0.2) is 30.4 Å². The summed E-state index contributed by atoms with van der Waals surface area (Å²) in [6.07, 6.45) is 0. The summed E-state index contributed by atoms with van der Waals surface area (Å²) in [4.78, 5) is 14.0. The van der Waals surface area contributed by atoms with E-state index in [-0.39, 0.29) is 5.91 Å². The summed E-state index contributed by atoms with van der Waals surface area (Å²) in [5.74, 6) is 0.588. The minimum atomic E-state index is -0.865. The highest BCUT2D eigenvalue weighted by Gasteiger charge is 2.40. The minimum Gasteiger partial charge on any atom is -0.476 e. The van der Waals surface area contributed by atoms with Crippen LogP contribution in [0.5, 0.6) is 5.75 Å². The van der Waals surface area contributed by atoms with Crippen LogP contribution < -0.4 is 9.64 Å². The molecule has 1 aliphatic heterocycles. The normalized spacial score (nSPS) is 17.1. The second-order valence-corrected chi connectivity index (χ2v) is 5.51. The summed E-state index contributed by atoms with van der Waals surface area (Å²) in [6, 6.07) is 5.29. The first-order valence-electron chi connectivity index (χ1n) is 5.76. The van der Waals surface area contributed by atoms with Crippen molar-refractivity contribution in [1.82, 2.24) is 0 Å². The summed E-state index contributed by atoms with van der Waals surface area (Å²) in [5, 5.41) is 0.580. The number of fused-ring (bicyclic) bond motifs is 1. The molecule has 96 valence electrons. The van der Waals surface area contributed by atoms with Crippen molar-refractivity contribution in [2.24, 2.45) is 0 Å². The zero-order valence-corrected chi connectivity index (χ0v) is 11.5. The van der Waals surface area contributed by atoms with E-state index in [1.54, 1.807) is 36.9 Å². The van der Waals surface area contributed by atoms with E-state index in [2.05, 4.69) is 6.58 Å². The molecule has 0 saturated heterocycles.